The highest BCUT2D eigenvalue weighted by molar-refractivity contribution is 6.18. The molecule has 2 saturated carbocycles. The number of hydrogen-bond acceptors (Lipinski definition) is 4. The molecule has 194 valence electrons. The van der Waals surface area contributed by atoms with Crippen LogP contribution in [-0.2, 0) is 0 Å². The second kappa shape index (κ2) is 8.65. The number of aromatic nitrogens is 4. The summed E-state index contributed by atoms with van der Waals surface area (Å²) < 4.78 is 0. The van der Waals surface area contributed by atoms with Crippen LogP contribution in [-0.4, -0.2) is 32.0 Å². The zero-order valence-corrected chi connectivity index (χ0v) is 21.9. The largest absolute Gasteiger partial charge is 0.341 e. The first-order valence-corrected chi connectivity index (χ1v) is 14.5. The highest BCUT2D eigenvalue weighted by Crippen LogP contribution is 2.47. The van der Waals surface area contributed by atoms with Crippen LogP contribution in [0.1, 0.15) is 91.9 Å². The molecule has 3 aliphatic carbocycles. The maximum Gasteiger partial charge on any atom is 0.123 e. The van der Waals surface area contributed by atoms with Crippen molar-refractivity contribution < 1.29 is 0 Å². The number of imidazole rings is 2. The fourth-order valence-corrected chi connectivity index (χ4v) is 7.91. The van der Waals surface area contributed by atoms with Gasteiger partial charge in [-0.05, 0) is 90.3 Å². The lowest BCUT2D eigenvalue weighted by atomic mass is 9.77. The second-order valence-corrected chi connectivity index (χ2v) is 12.2. The first kappa shape index (κ1) is 22.7. The van der Waals surface area contributed by atoms with Gasteiger partial charge in [0.05, 0.1) is 35.9 Å². The molecule has 6 heteroatoms. The fourth-order valence-electron chi connectivity index (χ4n) is 7.91. The molecule has 3 aromatic rings. The lowest BCUT2D eigenvalue weighted by molar-refractivity contribution is 0.516. The van der Waals surface area contributed by atoms with Crippen LogP contribution in [0.15, 0.2) is 49.8 Å². The molecule has 6 nitrogen and oxygen atoms in total. The molecule has 38 heavy (non-hydrogen) atoms. The molecule has 5 aliphatic rings. The quantitative estimate of drug-likeness (QED) is 0.327. The molecule has 0 radical (unpaired) electrons. The van der Waals surface area contributed by atoms with Crippen LogP contribution in [0.5, 0.6) is 0 Å². The number of benzene rings is 1. The van der Waals surface area contributed by atoms with Crippen LogP contribution in [0.2, 0.25) is 0 Å². The first-order valence-electron chi connectivity index (χ1n) is 14.5. The van der Waals surface area contributed by atoms with Gasteiger partial charge in [0.15, 0.2) is 0 Å². The summed E-state index contributed by atoms with van der Waals surface area (Å²) >= 11 is 0. The Morgan fingerprint density at radius 2 is 1.53 bits per heavy atom. The van der Waals surface area contributed by atoms with E-state index < -0.39 is 0 Å². The van der Waals surface area contributed by atoms with Crippen LogP contribution in [0.3, 0.4) is 0 Å². The van der Waals surface area contributed by atoms with Gasteiger partial charge in [-0.1, -0.05) is 38.1 Å². The molecule has 1 aromatic carbocycles. The molecule has 2 aliphatic heterocycles. The van der Waals surface area contributed by atoms with Crippen LogP contribution >= 0.6 is 0 Å². The third-order valence-electron chi connectivity index (χ3n) is 10.0. The number of H-pyrrole nitrogens is 2. The minimum Gasteiger partial charge on any atom is -0.341 e. The standard InChI is InChI=1S/C32H36N6/c1-17(29-15-33-31(37-29)27-13-19-5-3-7-25(19)35-27)11-23-18(2)24-12-21(9-10-22(23)24)30-16-34-32(38-30)28-14-20-6-4-8-26(20)36-28/h9-12,15-16,19-20,25-28,35-36H,1-8,13-14H2,(H,33,37)(H,34,38)/b23-11+/t19?,20?,25?,26?,27-,28?/m0/s1. The fraction of sp³-hybridized carbons (Fsp3) is 0.438. The SMILES string of the molecule is C=C(/C=C1\C(=C)c2cc(-c3cnc(C4CC5CCCC5N4)[nH]3)ccc21)c1cnc([C@@H]2CC3CCCC3N2)[nH]1. The van der Waals surface area contributed by atoms with E-state index in [9.17, 15) is 0 Å². The van der Waals surface area contributed by atoms with Gasteiger partial charge in [-0.3, -0.25) is 0 Å². The first-order chi connectivity index (χ1) is 18.6. The van der Waals surface area contributed by atoms with Gasteiger partial charge in [-0.2, -0.15) is 0 Å². The van der Waals surface area contributed by atoms with Crippen LogP contribution in [0, 0.1) is 11.8 Å². The molecule has 0 spiro atoms. The zero-order chi connectivity index (χ0) is 25.4. The van der Waals surface area contributed by atoms with Crippen LogP contribution in [0.4, 0.5) is 0 Å². The van der Waals surface area contributed by atoms with Crippen molar-refractivity contribution in [3.05, 3.63) is 78.3 Å². The van der Waals surface area contributed by atoms with Crippen molar-refractivity contribution in [3.8, 4) is 11.3 Å². The predicted molar refractivity (Wildman–Crippen MR) is 152 cm³/mol. The van der Waals surface area contributed by atoms with Crippen molar-refractivity contribution in [1.29, 1.82) is 0 Å². The molecule has 6 atom stereocenters. The molecule has 4 heterocycles. The molecular weight excluding hydrogens is 468 g/mol. The lowest BCUT2D eigenvalue weighted by Gasteiger charge is -2.27. The maximum absolute atomic E-state index is 4.75. The van der Waals surface area contributed by atoms with Crippen molar-refractivity contribution >= 4 is 16.7 Å². The average Bonchev–Trinajstić information content (AvgIpc) is 3.72. The summed E-state index contributed by atoms with van der Waals surface area (Å²) in [5, 5.41) is 7.59. The van der Waals surface area contributed by atoms with E-state index in [1.165, 1.54) is 62.5 Å². The molecule has 4 N–H and O–H groups in total. The van der Waals surface area contributed by atoms with Crippen molar-refractivity contribution in [3.63, 3.8) is 0 Å². The number of nitrogens with one attached hydrogen (secondary N) is 4. The molecule has 5 unspecified atom stereocenters. The van der Waals surface area contributed by atoms with E-state index >= 15 is 0 Å². The number of nitrogens with zero attached hydrogens (tertiary/aromatic N) is 2. The summed E-state index contributed by atoms with van der Waals surface area (Å²) in [6.45, 7) is 8.73. The number of fused-ring (bicyclic) bond motifs is 3. The zero-order valence-electron chi connectivity index (χ0n) is 21.9. The number of hydrogen-bond donors (Lipinski definition) is 4. The summed E-state index contributed by atoms with van der Waals surface area (Å²) in [5.74, 6) is 3.75. The van der Waals surface area contributed by atoms with E-state index in [1.54, 1.807) is 0 Å². The van der Waals surface area contributed by atoms with E-state index in [4.69, 9.17) is 9.97 Å². The van der Waals surface area contributed by atoms with E-state index in [0.29, 0.717) is 24.2 Å². The predicted octanol–water partition coefficient (Wildman–Crippen LogP) is 6.33. The number of rotatable bonds is 5. The monoisotopic (exact) mass is 504 g/mol. The Balaban J connectivity index is 0.972. The average molecular weight is 505 g/mol. The third-order valence-corrected chi connectivity index (χ3v) is 10.0. The summed E-state index contributed by atoms with van der Waals surface area (Å²) in [6, 6.07) is 8.68. The summed E-state index contributed by atoms with van der Waals surface area (Å²) in [7, 11) is 0. The Labute approximate surface area is 224 Å². The summed E-state index contributed by atoms with van der Waals surface area (Å²) in [4.78, 5) is 16.6. The Hall–Kier alpha value is -3.22. The van der Waals surface area contributed by atoms with Crippen molar-refractivity contribution in [2.75, 3.05) is 0 Å². The van der Waals surface area contributed by atoms with Gasteiger partial charge in [-0.15, -0.1) is 0 Å². The lowest BCUT2D eigenvalue weighted by Crippen LogP contribution is -2.24. The Bertz CT molecular complexity index is 1450. The van der Waals surface area contributed by atoms with Crippen molar-refractivity contribution in [2.24, 2.45) is 11.8 Å². The van der Waals surface area contributed by atoms with Gasteiger partial charge in [0.1, 0.15) is 11.6 Å². The molecule has 4 fully saturated rings. The van der Waals surface area contributed by atoms with Crippen LogP contribution in [0.25, 0.3) is 28.0 Å². The van der Waals surface area contributed by atoms with Crippen molar-refractivity contribution in [1.82, 2.24) is 30.6 Å². The number of allylic oxidation sites excluding steroid dienone is 4. The molecule has 2 aromatic heterocycles. The molecular formula is C32H36N6. The summed E-state index contributed by atoms with van der Waals surface area (Å²) in [6.07, 6.45) is 16.5. The van der Waals surface area contributed by atoms with E-state index in [2.05, 4.69) is 58.0 Å². The molecule has 2 saturated heterocycles. The highest BCUT2D eigenvalue weighted by atomic mass is 15.1. The molecule has 8 rings (SSSR count). The van der Waals surface area contributed by atoms with Gasteiger partial charge in [0.2, 0.25) is 0 Å². The van der Waals surface area contributed by atoms with Gasteiger partial charge in [0.25, 0.3) is 0 Å². The molecule has 0 bridgehead atoms. The van der Waals surface area contributed by atoms with Gasteiger partial charge >= 0.3 is 0 Å². The Kier molecular flexibility index (Phi) is 5.18. The minimum atomic E-state index is 0.337. The van der Waals surface area contributed by atoms with Crippen LogP contribution < -0.4 is 10.6 Å². The minimum absolute atomic E-state index is 0.337. The highest BCUT2D eigenvalue weighted by Gasteiger charge is 2.39. The van der Waals surface area contributed by atoms with E-state index in [-0.39, 0.29) is 0 Å². The number of aromatic amines is 2. The topological polar surface area (TPSA) is 81.4 Å². The summed E-state index contributed by atoms with van der Waals surface area (Å²) in [5.41, 5.74) is 8.83. The van der Waals surface area contributed by atoms with Crippen molar-refractivity contribution in [2.45, 2.75) is 75.5 Å². The van der Waals surface area contributed by atoms with E-state index in [1.807, 2.05) is 12.4 Å². The Morgan fingerprint density at radius 3 is 2.24 bits per heavy atom. The molecule has 0 amide bonds. The smallest absolute Gasteiger partial charge is 0.123 e. The van der Waals surface area contributed by atoms with Gasteiger partial charge in [-0.25, -0.2) is 9.97 Å². The van der Waals surface area contributed by atoms with E-state index in [0.717, 1.165) is 57.2 Å². The normalized spacial score (nSPS) is 32.4. The second-order valence-electron chi connectivity index (χ2n) is 12.2. The third kappa shape index (κ3) is 3.61. The van der Waals surface area contributed by atoms with Gasteiger partial charge < -0.3 is 20.6 Å². The van der Waals surface area contributed by atoms with Gasteiger partial charge in [0, 0.05) is 17.6 Å². The Morgan fingerprint density at radius 1 is 0.842 bits per heavy atom. The maximum atomic E-state index is 4.75.